The molecular formula is C10H9BrClNO3. The Morgan fingerprint density at radius 3 is 2.75 bits per heavy atom. The number of nitrogens with one attached hydrogen (secondary N) is 1. The maximum absolute atomic E-state index is 11.3. The molecular weight excluding hydrogens is 297 g/mol. The molecule has 16 heavy (non-hydrogen) atoms. The molecule has 0 radical (unpaired) electrons. The molecule has 86 valence electrons. The molecule has 0 spiro atoms. The molecule has 0 heterocycles. The van der Waals surface area contributed by atoms with Gasteiger partial charge in [-0.25, -0.2) is 4.79 Å². The van der Waals surface area contributed by atoms with Crippen LogP contribution in [0, 0.1) is 0 Å². The average Bonchev–Trinajstić information content (AvgIpc) is 2.24. The van der Waals surface area contributed by atoms with E-state index in [1.807, 2.05) is 0 Å². The summed E-state index contributed by atoms with van der Waals surface area (Å²) in [7, 11) is 0. The van der Waals surface area contributed by atoms with Crippen LogP contribution in [0.3, 0.4) is 0 Å². The second-order valence-electron chi connectivity index (χ2n) is 2.80. The summed E-state index contributed by atoms with van der Waals surface area (Å²) in [4.78, 5) is 22.3. The summed E-state index contributed by atoms with van der Waals surface area (Å²) < 4.78 is 5.25. The van der Waals surface area contributed by atoms with Crippen molar-refractivity contribution in [2.24, 2.45) is 0 Å². The Hall–Kier alpha value is -1.07. The maximum atomic E-state index is 11.3. The van der Waals surface area contributed by atoms with Gasteiger partial charge in [0, 0.05) is 10.2 Å². The third-order valence-corrected chi connectivity index (χ3v) is 2.87. The van der Waals surface area contributed by atoms with E-state index in [9.17, 15) is 9.59 Å². The standard InChI is InChI=1S/C10H9BrClNO3/c1-2-16-10(15)9(14)13-6-3-4-7(11)8(12)5-6/h3-5H,2H2,1H3,(H,13,14). The molecule has 6 heteroatoms. The van der Waals surface area contributed by atoms with E-state index in [-0.39, 0.29) is 6.61 Å². The first-order valence-electron chi connectivity index (χ1n) is 4.47. The fourth-order valence-electron chi connectivity index (χ4n) is 0.953. The van der Waals surface area contributed by atoms with Crippen LogP contribution < -0.4 is 5.32 Å². The molecule has 1 aromatic rings. The van der Waals surface area contributed by atoms with Crippen molar-refractivity contribution in [2.75, 3.05) is 11.9 Å². The Balaban J connectivity index is 2.70. The topological polar surface area (TPSA) is 55.4 Å². The minimum Gasteiger partial charge on any atom is -0.459 e. The summed E-state index contributed by atoms with van der Waals surface area (Å²) in [5.74, 6) is -1.73. The molecule has 0 saturated heterocycles. The number of carbonyl (C=O) groups excluding carboxylic acids is 2. The molecule has 0 aliphatic rings. The van der Waals surface area contributed by atoms with Gasteiger partial charge in [-0.1, -0.05) is 11.6 Å². The van der Waals surface area contributed by atoms with Crippen molar-refractivity contribution in [3.63, 3.8) is 0 Å². The van der Waals surface area contributed by atoms with E-state index in [1.54, 1.807) is 19.1 Å². The number of hydrogen-bond donors (Lipinski definition) is 1. The summed E-state index contributed by atoms with van der Waals surface area (Å²) in [5.41, 5.74) is 0.436. The van der Waals surface area contributed by atoms with Crippen LogP contribution in [0.2, 0.25) is 5.02 Å². The van der Waals surface area contributed by atoms with Crippen molar-refractivity contribution >= 4 is 45.1 Å². The zero-order valence-corrected chi connectivity index (χ0v) is 10.8. The molecule has 1 N–H and O–H groups in total. The second-order valence-corrected chi connectivity index (χ2v) is 4.07. The van der Waals surface area contributed by atoms with Gasteiger partial charge in [0.1, 0.15) is 0 Å². The summed E-state index contributed by atoms with van der Waals surface area (Å²) >= 11 is 9.04. The van der Waals surface area contributed by atoms with Crippen LogP contribution in [0.4, 0.5) is 5.69 Å². The van der Waals surface area contributed by atoms with Gasteiger partial charge in [-0.15, -0.1) is 0 Å². The van der Waals surface area contributed by atoms with E-state index in [1.165, 1.54) is 6.07 Å². The molecule has 0 aliphatic carbocycles. The zero-order valence-electron chi connectivity index (χ0n) is 8.42. The Kier molecular flexibility index (Phi) is 4.76. The van der Waals surface area contributed by atoms with Crippen LogP contribution in [0.15, 0.2) is 22.7 Å². The number of amides is 1. The third kappa shape index (κ3) is 3.50. The van der Waals surface area contributed by atoms with E-state index >= 15 is 0 Å². The van der Waals surface area contributed by atoms with E-state index in [2.05, 4.69) is 26.0 Å². The Morgan fingerprint density at radius 1 is 1.50 bits per heavy atom. The first-order valence-corrected chi connectivity index (χ1v) is 5.65. The number of anilines is 1. The smallest absolute Gasteiger partial charge is 0.397 e. The number of benzene rings is 1. The lowest BCUT2D eigenvalue weighted by atomic mass is 10.3. The van der Waals surface area contributed by atoms with Crippen molar-refractivity contribution in [1.82, 2.24) is 0 Å². The molecule has 0 aromatic heterocycles. The molecule has 0 fully saturated rings. The van der Waals surface area contributed by atoms with Gasteiger partial charge in [-0.3, -0.25) is 4.79 Å². The normalized spacial score (nSPS) is 9.69. The summed E-state index contributed by atoms with van der Waals surface area (Å²) in [6, 6.07) is 4.82. The molecule has 1 rings (SSSR count). The highest BCUT2D eigenvalue weighted by molar-refractivity contribution is 9.10. The average molecular weight is 307 g/mol. The van der Waals surface area contributed by atoms with Crippen molar-refractivity contribution in [3.8, 4) is 0 Å². The number of hydrogen-bond acceptors (Lipinski definition) is 3. The highest BCUT2D eigenvalue weighted by Crippen LogP contribution is 2.25. The Labute approximate surface area is 106 Å². The Morgan fingerprint density at radius 2 is 2.19 bits per heavy atom. The first-order chi connectivity index (χ1) is 7.54. The van der Waals surface area contributed by atoms with Crippen LogP contribution in [-0.2, 0) is 14.3 Å². The van der Waals surface area contributed by atoms with E-state index in [4.69, 9.17) is 11.6 Å². The van der Waals surface area contributed by atoms with Crippen LogP contribution in [0.1, 0.15) is 6.92 Å². The number of esters is 1. The van der Waals surface area contributed by atoms with Crippen LogP contribution in [0.5, 0.6) is 0 Å². The number of carbonyl (C=O) groups is 2. The lowest BCUT2D eigenvalue weighted by molar-refractivity contribution is -0.152. The minimum absolute atomic E-state index is 0.160. The van der Waals surface area contributed by atoms with Gasteiger partial charge in [-0.2, -0.15) is 0 Å². The lowest BCUT2D eigenvalue weighted by Crippen LogP contribution is -2.24. The van der Waals surface area contributed by atoms with Gasteiger partial charge >= 0.3 is 11.9 Å². The van der Waals surface area contributed by atoms with Gasteiger partial charge in [0.05, 0.1) is 11.6 Å². The quantitative estimate of drug-likeness (QED) is 0.675. The summed E-state index contributed by atoms with van der Waals surface area (Å²) in [6.45, 7) is 1.79. The van der Waals surface area contributed by atoms with Gasteiger partial charge < -0.3 is 10.1 Å². The molecule has 0 unspecified atom stereocenters. The van der Waals surface area contributed by atoms with Crippen LogP contribution >= 0.6 is 27.5 Å². The predicted octanol–water partition coefficient (Wildman–Crippen LogP) is 2.60. The molecule has 4 nitrogen and oxygen atoms in total. The highest BCUT2D eigenvalue weighted by Gasteiger charge is 2.14. The molecule has 1 amide bonds. The van der Waals surface area contributed by atoms with Gasteiger partial charge in [0.15, 0.2) is 0 Å². The second kappa shape index (κ2) is 5.86. The molecule has 0 aliphatic heterocycles. The first kappa shape index (κ1) is 13.0. The minimum atomic E-state index is -0.915. The Bertz CT molecular complexity index is 423. The zero-order chi connectivity index (χ0) is 12.1. The molecule has 0 bridgehead atoms. The fourth-order valence-corrected chi connectivity index (χ4v) is 1.38. The SMILES string of the molecule is CCOC(=O)C(=O)Nc1ccc(Br)c(Cl)c1. The number of ether oxygens (including phenoxy) is 1. The third-order valence-electron chi connectivity index (χ3n) is 1.64. The van der Waals surface area contributed by atoms with Crippen LogP contribution in [-0.4, -0.2) is 18.5 Å². The monoisotopic (exact) mass is 305 g/mol. The largest absolute Gasteiger partial charge is 0.459 e. The van der Waals surface area contributed by atoms with Crippen molar-refractivity contribution in [3.05, 3.63) is 27.7 Å². The molecule has 1 aromatic carbocycles. The molecule has 0 saturated carbocycles. The van der Waals surface area contributed by atoms with Gasteiger partial charge in [0.25, 0.3) is 0 Å². The van der Waals surface area contributed by atoms with Gasteiger partial charge in [0.2, 0.25) is 0 Å². The number of halogens is 2. The molecule has 0 atom stereocenters. The van der Waals surface area contributed by atoms with E-state index in [0.717, 1.165) is 0 Å². The van der Waals surface area contributed by atoms with Crippen molar-refractivity contribution < 1.29 is 14.3 Å². The maximum Gasteiger partial charge on any atom is 0.397 e. The van der Waals surface area contributed by atoms with Crippen molar-refractivity contribution in [1.29, 1.82) is 0 Å². The predicted molar refractivity (Wildman–Crippen MR) is 64.4 cm³/mol. The fraction of sp³-hybridized carbons (Fsp3) is 0.200. The van der Waals surface area contributed by atoms with E-state index < -0.39 is 11.9 Å². The number of rotatable bonds is 2. The van der Waals surface area contributed by atoms with Gasteiger partial charge in [-0.05, 0) is 41.1 Å². The van der Waals surface area contributed by atoms with Crippen LogP contribution in [0.25, 0.3) is 0 Å². The highest BCUT2D eigenvalue weighted by atomic mass is 79.9. The summed E-state index contributed by atoms with van der Waals surface area (Å²) in [6.07, 6.45) is 0. The van der Waals surface area contributed by atoms with Crippen molar-refractivity contribution in [2.45, 2.75) is 6.92 Å². The van der Waals surface area contributed by atoms with E-state index in [0.29, 0.717) is 15.2 Å². The lowest BCUT2D eigenvalue weighted by Gasteiger charge is -2.05. The summed E-state index contributed by atoms with van der Waals surface area (Å²) in [5, 5.41) is 2.82.